The summed E-state index contributed by atoms with van der Waals surface area (Å²) >= 11 is 0. The van der Waals surface area contributed by atoms with Gasteiger partial charge < -0.3 is 0 Å². The van der Waals surface area contributed by atoms with Crippen LogP contribution in [-0.4, -0.2) is 13.9 Å². The van der Waals surface area contributed by atoms with Crippen molar-refractivity contribution in [2.24, 2.45) is 7.05 Å². The summed E-state index contributed by atoms with van der Waals surface area (Å²) in [6.45, 7) is 0. The molecule has 1 aromatic heterocycles. The molecule has 5 heteroatoms. The van der Waals surface area contributed by atoms with E-state index >= 15 is 0 Å². The quantitative estimate of drug-likeness (QED) is 0.522. The van der Waals surface area contributed by atoms with Gasteiger partial charge in [-0.05, 0) is 0 Å². The van der Waals surface area contributed by atoms with Crippen molar-refractivity contribution >= 4 is 0 Å². The third kappa shape index (κ3) is 0.662. The molecule has 3 heterocycles. The van der Waals surface area contributed by atoms with E-state index in [0.717, 1.165) is 4.57 Å². The Hall–Kier alpha value is -1.78. The zero-order chi connectivity index (χ0) is 9.87. The van der Waals surface area contributed by atoms with E-state index < -0.39 is 0 Å². The highest BCUT2D eigenvalue weighted by Gasteiger charge is 2.28. The van der Waals surface area contributed by atoms with Crippen LogP contribution in [0.25, 0.3) is 0 Å². The van der Waals surface area contributed by atoms with Gasteiger partial charge >= 0.3 is 11.4 Å². The summed E-state index contributed by atoms with van der Waals surface area (Å²) < 4.78 is 4.12. The van der Waals surface area contributed by atoms with E-state index in [-0.39, 0.29) is 23.5 Å². The van der Waals surface area contributed by atoms with Crippen molar-refractivity contribution in [3.8, 4) is 0 Å². The Morgan fingerprint density at radius 3 is 1.64 bits per heavy atom. The van der Waals surface area contributed by atoms with Crippen molar-refractivity contribution in [2.75, 3.05) is 0 Å². The van der Waals surface area contributed by atoms with E-state index in [1.54, 1.807) is 0 Å². The maximum Gasteiger partial charge on any atom is 0.347 e. The summed E-state index contributed by atoms with van der Waals surface area (Å²) in [5.41, 5.74) is -0.502. The Kier molecular flexibility index (Phi) is 1.18. The van der Waals surface area contributed by atoms with Crippen LogP contribution in [0.3, 0.4) is 0 Å². The molecule has 4 rings (SSSR count). The number of rotatable bonds is 0. The van der Waals surface area contributed by atoms with Crippen LogP contribution in [0.1, 0.15) is 12.1 Å². The molecule has 1 aliphatic carbocycles. The van der Waals surface area contributed by atoms with Crippen LogP contribution in [0.4, 0.5) is 0 Å². The van der Waals surface area contributed by atoms with Crippen LogP contribution in [0.5, 0.6) is 0 Å². The van der Waals surface area contributed by atoms with Crippen molar-refractivity contribution in [3.63, 3.8) is 0 Å². The lowest BCUT2D eigenvalue weighted by Gasteiger charge is -2.27. The van der Waals surface area contributed by atoms with E-state index in [4.69, 9.17) is 0 Å². The first-order valence-electron chi connectivity index (χ1n) is 4.47. The molecule has 1 aromatic rings. The lowest BCUT2D eigenvalue weighted by atomic mass is 10.1. The third-order valence-electron chi connectivity index (χ3n) is 2.77. The van der Waals surface area contributed by atoms with Crippen molar-refractivity contribution < 1.29 is 0 Å². The zero-order valence-corrected chi connectivity index (χ0v) is 7.62. The minimum Gasteiger partial charge on any atom is -0.246 e. The van der Waals surface area contributed by atoms with Gasteiger partial charge in [0.1, 0.15) is 0 Å². The SMILES string of the molecule is Cn1c(=O)n2n(c1=O)C1C=CC2C=C1. The molecule has 72 valence electrons. The molecule has 0 amide bonds. The highest BCUT2D eigenvalue weighted by Crippen LogP contribution is 2.26. The second kappa shape index (κ2) is 2.17. The molecular formula is C9H9N3O2. The molecule has 0 atom stereocenters. The number of allylic oxidation sites excluding steroid dienone is 4. The van der Waals surface area contributed by atoms with E-state index in [2.05, 4.69) is 0 Å². The molecule has 14 heavy (non-hydrogen) atoms. The van der Waals surface area contributed by atoms with Crippen LogP contribution >= 0.6 is 0 Å². The van der Waals surface area contributed by atoms with Gasteiger partial charge in [-0.3, -0.25) is 0 Å². The summed E-state index contributed by atoms with van der Waals surface area (Å²) in [7, 11) is 1.50. The van der Waals surface area contributed by atoms with Gasteiger partial charge in [-0.2, -0.15) is 0 Å². The van der Waals surface area contributed by atoms with Crippen LogP contribution in [0, 0.1) is 0 Å². The van der Waals surface area contributed by atoms with Crippen LogP contribution in [0.15, 0.2) is 33.9 Å². The molecular weight excluding hydrogens is 182 g/mol. The maximum atomic E-state index is 11.7. The topological polar surface area (TPSA) is 48.9 Å². The smallest absolute Gasteiger partial charge is 0.246 e. The molecule has 0 spiro atoms. The first kappa shape index (κ1) is 7.61. The lowest BCUT2D eigenvalue weighted by molar-refractivity contribution is 0.393. The molecule has 0 saturated heterocycles. The van der Waals surface area contributed by atoms with Crippen molar-refractivity contribution in [2.45, 2.75) is 12.1 Å². The Bertz CT molecular complexity index is 508. The molecule has 2 bridgehead atoms. The molecule has 0 unspecified atom stereocenters. The maximum absolute atomic E-state index is 11.7. The van der Waals surface area contributed by atoms with Crippen molar-refractivity contribution in [1.82, 2.24) is 13.9 Å². The second-order valence-corrected chi connectivity index (χ2v) is 3.56. The van der Waals surface area contributed by atoms with Crippen molar-refractivity contribution in [3.05, 3.63) is 45.3 Å². The monoisotopic (exact) mass is 191 g/mol. The van der Waals surface area contributed by atoms with E-state index in [9.17, 15) is 9.59 Å². The standard InChI is InChI=1S/C9H9N3O2/c1-10-8(13)11-6-2-3-7(5-4-6)12(11)9(10)14/h2-7H,1H3. The van der Waals surface area contributed by atoms with Gasteiger partial charge in [0.2, 0.25) is 0 Å². The second-order valence-electron chi connectivity index (χ2n) is 3.56. The molecule has 0 saturated carbocycles. The van der Waals surface area contributed by atoms with Gasteiger partial charge in [0.15, 0.2) is 0 Å². The van der Waals surface area contributed by atoms with Crippen LogP contribution in [-0.2, 0) is 7.05 Å². The third-order valence-corrected chi connectivity index (χ3v) is 2.77. The average molecular weight is 191 g/mol. The normalized spacial score (nSPS) is 26.9. The van der Waals surface area contributed by atoms with Gasteiger partial charge in [0.25, 0.3) is 0 Å². The molecule has 3 aliphatic rings. The number of aromatic nitrogens is 3. The fraction of sp³-hybridized carbons (Fsp3) is 0.333. The van der Waals surface area contributed by atoms with E-state index in [1.165, 1.54) is 16.4 Å². The number of hydrogen-bond donors (Lipinski definition) is 0. The summed E-state index contributed by atoms with van der Waals surface area (Å²) in [4.78, 5) is 23.3. The zero-order valence-electron chi connectivity index (χ0n) is 7.62. The van der Waals surface area contributed by atoms with Gasteiger partial charge in [-0.1, -0.05) is 24.3 Å². The Labute approximate surface area is 79.2 Å². The fourth-order valence-electron chi connectivity index (χ4n) is 2.03. The van der Waals surface area contributed by atoms with Gasteiger partial charge in [-0.25, -0.2) is 23.5 Å². The first-order chi connectivity index (χ1) is 6.70. The summed E-state index contributed by atoms with van der Waals surface area (Å²) in [5, 5.41) is 0. The number of hydrogen-bond acceptors (Lipinski definition) is 2. The molecule has 5 nitrogen and oxygen atoms in total. The molecule has 0 aromatic carbocycles. The lowest BCUT2D eigenvalue weighted by Crippen LogP contribution is -2.36. The highest BCUT2D eigenvalue weighted by molar-refractivity contribution is 5.21. The fourth-order valence-corrected chi connectivity index (χ4v) is 2.03. The van der Waals surface area contributed by atoms with E-state index in [0.29, 0.717) is 0 Å². The largest absolute Gasteiger partial charge is 0.347 e. The Balaban J connectivity index is 2.47. The van der Waals surface area contributed by atoms with E-state index in [1.807, 2.05) is 24.3 Å². The number of nitrogens with zero attached hydrogens (tertiary/aromatic N) is 3. The molecule has 0 radical (unpaired) electrons. The Morgan fingerprint density at radius 1 is 0.929 bits per heavy atom. The van der Waals surface area contributed by atoms with Crippen molar-refractivity contribution in [1.29, 1.82) is 0 Å². The first-order valence-corrected chi connectivity index (χ1v) is 4.47. The molecule has 0 N–H and O–H groups in total. The predicted octanol–water partition coefficient (Wildman–Crippen LogP) is -0.430. The van der Waals surface area contributed by atoms with Crippen LogP contribution < -0.4 is 11.4 Å². The Morgan fingerprint density at radius 2 is 1.29 bits per heavy atom. The van der Waals surface area contributed by atoms with Crippen LogP contribution in [0.2, 0.25) is 0 Å². The summed E-state index contributed by atoms with van der Waals surface area (Å²) in [5.74, 6) is 0. The average Bonchev–Trinajstić information content (AvgIpc) is 2.47. The predicted molar refractivity (Wildman–Crippen MR) is 50.3 cm³/mol. The minimum atomic E-state index is -0.251. The highest BCUT2D eigenvalue weighted by atomic mass is 16.2. The van der Waals surface area contributed by atoms with Gasteiger partial charge in [-0.15, -0.1) is 0 Å². The van der Waals surface area contributed by atoms with Gasteiger partial charge in [0.05, 0.1) is 12.1 Å². The molecule has 2 aliphatic heterocycles. The summed E-state index contributed by atoms with van der Waals surface area (Å²) in [6.07, 6.45) is 7.74. The molecule has 0 fully saturated rings. The minimum absolute atomic E-state index is 0.0959. The summed E-state index contributed by atoms with van der Waals surface area (Å²) in [6, 6.07) is -0.192. The van der Waals surface area contributed by atoms with Gasteiger partial charge in [0, 0.05) is 7.05 Å².